The quantitative estimate of drug-likeness (QED) is 0.0487. The molecule has 7 rings (SSSR count). The molecule has 284 valence electrons. The molecule has 4 heteroatoms. The van der Waals surface area contributed by atoms with Crippen molar-refractivity contribution in [2.24, 2.45) is 0 Å². The van der Waals surface area contributed by atoms with E-state index in [1.807, 2.05) is 12.5 Å². The minimum Gasteiger partial charge on any atom is -0.339 e. The molecule has 0 amide bonds. The van der Waals surface area contributed by atoms with Crippen LogP contribution in [0.3, 0.4) is 0 Å². The van der Waals surface area contributed by atoms with E-state index < -0.39 is 8.07 Å². The predicted molar refractivity (Wildman–Crippen MR) is 246 cm³/mol. The maximum atomic E-state index is 4.42. The predicted octanol–water partition coefficient (Wildman–Crippen LogP) is 9.04. The summed E-state index contributed by atoms with van der Waals surface area (Å²) in [5, 5.41) is 4.47. The fourth-order valence-electron chi connectivity index (χ4n) is 8.16. The lowest BCUT2D eigenvalue weighted by atomic mass is 9.37. The second-order valence-corrected chi connectivity index (χ2v) is 19.1. The molecule has 0 radical (unpaired) electrons. The van der Waals surface area contributed by atoms with Crippen molar-refractivity contribution in [1.29, 1.82) is 0 Å². The summed E-state index contributed by atoms with van der Waals surface area (Å²) in [4.78, 5) is 4.42. The third-order valence-electron chi connectivity index (χ3n) is 11.1. The number of aromatic nitrogens is 2. The summed E-state index contributed by atoms with van der Waals surface area (Å²) < 4.78 is 2.31. The fourth-order valence-corrected chi connectivity index (χ4v) is 12.8. The van der Waals surface area contributed by atoms with Gasteiger partial charge in [-0.2, -0.15) is 0 Å². The topological polar surface area (TPSA) is 17.8 Å². The number of benzene rings is 6. The molecule has 0 unspecified atom stereocenters. The maximum Gasteiger partial charge on any atom is 0.241 e. The SMILES string of the molecule is CCCCCCc1cccc([Si](Cn2ccnc2)(c2ccccc2)c2cccc(CCCCCC)c2)c1.c1ccc(B(c2ccccc2)c2ccccc2)cc1. The van der Waals surface area contributed by atoms with Crippen LogP contribution in [0, 0.1) is 0 Å². The third kappa shape index (κ3) is 11.0. The van der Waals surface area contributed by atoms with Gasteiger partial charge in [-0.25, -0.2) is 4.98 Å². The van der Waals surface area contributed by atoms with Crippen LogP contribution in [0.5, 0.6) is 0 Å². The van der Waals surface area contributed by atoms with Gasteiger partial charge in [0.15, 0.2) is 8.07 Å². The molecule has 1 aromatic heterocycles. The van der Waals surface area contributed by atoms with Crippen LogP contribution in [0.4, 0.5) is 0 Å². The molecule has 0 atom stereocenters. The zero-order chi connectivity index (χ0) is 38.7. The first-order chi connectivity index (χ1) is 27.7. The lowest BCUT2D eigenvalue weighted by molar-refractivity contribution is 0.667. The van der Waals surface area contributed by atoms with Gasteiger partial charge in [0.05, 0.1) is 6.33 Å². The molecule has 2 nitrogen and oxygen atoms in total. The van der Waals surface area contributed by atoms with Crippen LogP contribution < -0.4 is 31.9 Å². The van der Waals surface area contributed by atoms with Crippen molar-refractivity contribution in [2.45, 2.75) is 84.2 Å². The number of rotatable bonds is 18. The van der Waals surface area contributed by atoms with E-state index in [9.17, 15) is 0 Å². The van der Waals surface area contributed by atoms with Crippen LogP contribution in [0.15, 0.2) is 189 Å². The van der Waals surface area contributed by atoms with Gasteiger partial charge < -0.3 is 4.57 Å². The van der Waals surface area contributed by atoms with E-state index in [1.165, 1.54) is 94.4 Å². The number of aryl methyl sites for hydroxylation is 2. The molecule has 56 heavy (non-hydrogen) atoms. The molecule has 0 aliphatic heterocycles. The molecule has 0 aliphatic rings. The van der Waals surface area contributed by atoms with E-state index >= 15 is 0 Å². The largest absolute Gasteiger partial charge is 0.339 e. The summed E-state index contributed by atoms with van der Waals surface area (Å²) in [7, 11) is -2.38. The summed E-state index contributed by atoms with van der Waals surface area (Å²) in [5.41, 5.74) is 6.95. The molecule has 0 spiro atoms. The van der Waals surface area contributed by atoms with Crippen LogP contribution in [-0.4, -0.2) is 24.3 Å². The average molecular weight is 751 g/mol. The summed E-state index contributed by atoms with van der Waals surface area (Å²) in [5.74, 6) is 0. The van der Waals surface area contributed by atoms with Crippen LogP contribution in [-0.2, 0) is 19.0 Å². The highest BCUT2D eigenvalue weighted by Crippen LogP contribution is 2.16. The van der Waals surface area contributed by atoms with Crippen molar-refractivity contribution in [3.05, 3.63) is 200 Å². The van der Waals surface area contributed by atoms with E-state index in [0.717, 1.165) is 19.0 Å². The first-order valence-electron chi connectivity index (χ1n) is 21.1. The molecule has 0 aliphatic carbocycles. The van der Waals surface area contributed by atoms with Gasteiger partial charge >= 0.3 is 0 Å². The van der Waals surface area contributed by atoms with E-state index in [2.05, 4.69) is 199 Å². The Morgan fingerprint density at radius 2 is 0.893 bits per heavy atom. The lowest BCUT2D eigenvalue weighted by Gasteiger charge is -2.34. The van der Waals surface area contributed by atoms with Crippen LogP contribution in [0.25, 0.3) is 0 Å². The van der Waals surface area contributed by atoms with Crippen molar-refractivity contribution in [1.82, 2.24) is 9.55 Å². The highest BCUT2D eigenvalue weighted by atomic mass is 28.3. The Morgan fingerprint density at radius 3 is 1.30 bits per heavy atom. The van der Waals surface area contributed by atoms with E-state index in [0.29, 0.717) is 6.71 Å². The highest BCUT2D eigenvalue weighted by Gasteiger charge is 2.40. The van der Waals surface area contributed by atoms with Crippen molar-refractivity contribution < 1.29 is 0 Å². The van der Waals surface area contributed by atoms with Crippen molar-refractivity contribution in [2.75, 3.05) is 0 Å². The Kier molecular flexibility index (Phi) is 15.7. The first-order valence-corrected chi connectivity index (χ1v) is 23.3. The van der Waals surface area contributed by atoms with Gasteiger partial charge in [0, 0.05) is 18.6 Å². The highest BCUT2D eigenvalue weighted by molar-refractivity contribution is 7.10. The molecular formula is C52H59BN2Si. The number of hydrogen-bond acceptors (Lipinski definition) is 1. The fraction of sp³-hybridized carbons (Fsp3) is 0.250. The van der Waals surface area contributed by atoms with E-state index in [-0.39, 0.29) is 0 Å². The molecule has 0 bridgehead atoms. The Balaban J connectivity index is 0.000000233. The van der Waals surface area contributed by atoms with E-state index in [4.69, 9.17) is 0 Å². The Morgan fingerprint density at radius 1 is 0.464 bits per heavy atom. The lowest BCUT2D eigenvalue weighted by Crippen LogP contribution is -2.69. The van der Waals surface area contributed by atoms with Crippen molar-refractivity contribution >= 4 is 46.7 Å². The minimum absolute atomic E-state index is 0.309. The van der Waals surface area contributed by atoms with Gasteiger partial charge in [-0.15, -0.1) is 0 Å². The summed E-state index contributed by atoms with van der Waals surface area (Å²) in [6, 6.07) is 62.5. The maximum absolute atomic E-state index is 4.42. The Hall–Kier alpha value is -5.19. The van der Waals surface area contributed by atoms with Gasteiger partial charge in [-0.05, 0) is 52.4 Å². The van der Waals surface area contributed by atoms with Crippen molar-refractivity contribution in [3.63, 3.8) is 0 Å². The molecule has 0 saturated carbocycles. The van der Waals surface area contributed by atoms with Gasteiger partial charge in [0.2, 0.25) is 6.71 Å². The average Bonchev–Trinajstić information content (AvgIpc) is 3.78. The van der Waals surface area contributed by atoms with Crippen molar-refractivity contribution in [3.8, 4) is 0 Å². The monoisotopic (exact) mass is 750 g/mol. The summed E-state index contributed by atoms with van der Waals surface area (Å²) in [6.07, 6.45) is 19.7. The molecule has 0 fully saturated rings. The molecular weight excluding hydrogens is 691 g/mol. The number of hydrogen-bond donors (Lipinski definition) is 0. The molecule has 1 heterocycles. The van der Waals surface area contributed by atoms with Gasteiger partial charge in [-0.1, -0.05) is 239 Å². The Bertz CT molecular complexity index is 1950. The van der Waals surface area contributed by atoms with Crippen LogP contribution in [0.1, 0.15) is 76.3 Å². The first kappa shape index (κ1) is 40.5. The number of unbranched alkanes of at least 4 members (excludes halogenated alkanes) is 6. The zero-order valence-corrected chi connectivity index (χ0v) is 34.6. The molecule has 0 saturated heterocycles. The number of imidazole rings is 1. The minimum atomic E-state index is -2.38. The van der Waals surface area contributed by atoms with Crippen LogP contribution in [0.2, 0.25) is 0 Å². The zero-order valence-electron chi connectivity index (χ0n) is 33.6. The molecule has 7 aromatic rings. The standard InChI is InChI=1S/C34H44N2Si.C18H15B/c1-3-5-7-10-16-30-18-14-22-33(26-30)37(29-36-25-24-35-28-36,32-20-12-9-13-21-32)34-23-15-19-31(27-34)17-11-8-6-4-2;1-4-10-16(11-5-1)19(17-12-6-2-7-13-17)18-14-8-3-9-15-18/h9,12-15,18-28H,3-8,10-11,16-17,29H2,1-2H3;1-15H. The second-order valence-electron chi connectivity index (χ2n) is 15.2. The normalized spacial score (nSPS) is 11.1. The second kappa shape index (κ2) is 21.8. The van der Waals surface area contributed by atoms with Crippen LogP contribution >= 0.6 is 0 Å². The molecule has 0 N–H and O–H groups in total. The summed E-state index contributed by atoms with van der Waals surface area (Å²) >= 11 is 0. The Labute approximate surface area is 338 Å². The van der Waals surface area contributed by atoms with E-state index in [1.54, 1.807) is 0 Å². The molecule has 6 aromatic carbocycles. The summed E-state index contributed by atoms with van der Waals surface area (Å²) in [6.45, 7) is 4.88. The van der Waals surface area contributed by atoms with Gasteiger partial charge in [0.25, 0.3) is 0 Å². The smallest absolute Gasteiger partial charge is 0.241 e. The third-order valence-corrected chi connectivity index (χ3v) is 15.9. The number of nitrogens with zero attached hydrogens (tertiary/aromatic N) is 2. The van der Waals surface area contributed by atoms with Gasteiger partial charge in [0.1, 0.15) is 0 Å². The van der Waals surface area contributed by atoms with Gasteiger partial charge in [-0.3, -0.25) is 0 Å².